The molecule has 11 heavy (non-hydrogen) atoms. The van der Waals surface area contributed by atoms with Gasteiger partial charge in [-0.3, -0.25) is 0 Å². The summed E-state index contributed by atoms with van der Waals surface area (Å²) in [7, 11) is 0. The van der Waals surface area contributed by atoms with Crippen LogP contribution >= 0.6 is 0 Å². The fourth-order valence-electron chi connectivity index (χ4n) is 0.643. The van der Waals surface area contributed by atoms with Crippen LogP contribution < -0.4 is 0 Å². The molecule has 0 atom stereocenters. The molecule has 0 aromatic heterocycles. The van der Waals surface area contributed by atoms with Crippen LogP contribution in [0, 0.1) is 16.7 Å². The molecule has 0 heterocycles. The van der Waals surface area contributed by atoms with Crippen LogP contribution in [0.3, 0.4) is 0 Å². The average molecular weight is 158 g/mol. The zero-order valence-electron chi connectivity index (χ0n) is 6.63. The van der Waals surface area contributed by atoms with Crippen LogP contribution in [0.5, 0.6) is 0 Å². The minimum atomic E-state index is -0.814. The molecule has 0 aromatic carbocycles. The molecule has 0 saturated carbocycles. The van der Waals surface area contributed by atoms with Gasteiger partial charge in [-0.25, -0.2) is 4.39 Å². The Kier molecular flexibility index (Phi) is 3.52. The third-order valence-electron chi connectivity index (χ3n) is 1.55. The molecule has 3 nitrogen and oxygen atoms in total. The molecule has 0 aliphatic heterocycles. The number of hydrogen-bond donors (Lipinski definition) is 1. The van der Waals surface area contributed by atoms with Gasteiger partial charge in [0.05, 0.1) is 11.8 Å². The van der Waals surface area contributed by atoms with Crippen LogP contribution in [0.25, 0.3) is 0 Å². The summed E-state index contributed by atoms with van der Waals surface area (Å²) in [4.78, 5) is 0. The largest absolute Gasteiger partial charge is 0.411 e. The second-order valence-corrected chi connectivity index (χ2v) is 2.90. The standard InChI is InChI=1S/C7H11FN2O/c1-7(2,3-4-9)6(5-8)10-11/h11H,3,5H2,1-2H3/b10-6-. The average Bonchev–Trinajstić information content (AvgIpc) is 1.89. The van der Waals surface area contributed by atoms with E-state index in [1.54, 1.807) is 13.8 Å². The minimum Gasteiger partial charge on any atom is -0.411 e. The van der Waals surface area contributed by atoms with E-state index in [2.05, 4.69) is 5.16 Å². The fraction of sp³-hybridized carbons (Fsp3) is 0.714. The van der Waals surface area contributed by atoms with E-state index in [4.69, 9.17) is 10.5 Å². The predicted octanol–water partition coefficient (Wildman–Crippen LogP) is 1.73. The molecule has 4 heteroatoms. The summed E-state index contributed by atoms with van der Waals surface area (Å²) in [5, 5.41) is 19.4. The molecule has 0 aliphatic carbocycles. The zero-order chi connectivity index (χ0) is 8.91. The third kappa shape index (κ3) is 2.54. The van der Waals surface area contributed by atoms with Gasteiger partial charge in [-0.15, -0.1) is 0 Å². The van der Waals surface area contributed by atoms with Gasteiger partial charge in [-0.2, -0.15) is 5.26 Å². The maximum absolute atomic E-state index is 12.1. The van der Waals surface area contributed by atoms with Crippen molar-refractivity contribution in [2.75, 3.05) is 6.67 Å². The summed E-state index contributed by atoms with van der Waals surface area (Å²) in [5.74, 6) is 0. The lowest BCUT2D eigenvalue weighted by Crippen LogP contribution is -2.25. The maximum atomic E-state index is 12.1. The van der Waals surface area contributed by atoms with E-state index in [9.17, 15) is 4.39 Å². The molecule has 0 saturated heterocycles. The molecule has 0 spiro atoms. The summed E-state index contributed by atoms with van der Waals surface area (Å²) in [6, 6.07) is 1.90. The topological polar surface area (TPSA) is 56.4 Å². The first-order chi connectivity index (χ1) is 5.08. The van der Waals surface area contributed by atoms with Gasteiger partial charge in [0.1, 0.15) is 6.67 Å². The lowest BCUT2D eigenvalue weighted by atomic mass is 9.85. The first kappa shape index (κ1) is 9.89. The van der Waals surface area contributed by atoms with Crippen molar-refractivity contribution in [1.29, 1.82) is 5.26 Å². The lowest BCUT2D eigenvalue weighted by Gasteiger charge is -2.19. The smallest absolute Gasteiger partial charge is 0.131 e. The van der Waals surface area contributed by atoms with Crippen molar-refractivity contribution in [3.63, 3.8) is 0 Å². The number of nitrogens with zero attached hydrogens (tertiary/aromatic N) is 2. The van der Waals surface area contributed by atoms with Gasteiger partial charge in [-0.05, 0) is 0 Å². The quantitative estimate of drug-likeness (QED) is 0.386. The van der Waals surface area contributed by atoms with E-state index in [-0.39, 0.29) is 12.1 Å². The SMILES string of the molecule is CC(C)(CC#N)/C(CF)=N\O. The summed E-state index contributed by atoms with van der Waals surface area (Å²) in [6.07, 6.45) is 0.149. The molecule has 0 bridgehead atoms. The van der Waals surface area contributed by atoms with Crippen LogP contribution in [-0.2, 0) is 0 Å². The summed E-state index contributed by atoms with van der Waals surface area (Å²) >= 11 is 0. The van der Waals surface area contributed by atoms with E-state index in [1.165, 1.54) is 0 Å². The summed E-state index contributed by atoms with van der Waals surface area (Å²) < 4.78 is 12.1. The minimum absolute atomic E-state index is 0.0130. The van der Waals surface area contributed by atoms with E-state index in [1.807, 2.05) is 6.07 Å². The second-order valence-electron chi connectivity index (χ2n) is 2.90. The van der Waals surface area contributed by atoms with Crippen LogP contribution in [0.1, 0.15) is 20.3 Å². The molecule has 0 fully saturated rings. The number of hydrogen-bond acceptors (Lipinski definition) is 3. The molecule has 62 valence electrons. The van der Waals surface area contributed by atoms with Gasteiger partial charge in [0, 0.05) is 11.8 Å². The number of alkyl halides is 1. The molecule has 0 aromatic rings. The molecular formula is C7H11FN2O. The Balaban J connectivity index is 4.41. The Morgan fingerprint density at radius 3 is 2.55 bits per heavy atom. The Morgan fingerprint density at radius 2 is 2.27 bits per heavy atom. The van der Waals surface area contributed by atoms with Crippen molar-refractivity contribution in [1.82, 2.24) is 0 Å². The van der Waals surface area contributed by atoms with Crippen molar-refractivity contribution in [2.24, 2.45) is 10.6 Å². The van der Waals surface area contributed by atoms with Crippen molar-refractivity contribution in [2.45, 2.75) is 20.3 Å². The molecule has 0 unspecified atom stereocenters. The van der Waals surface area contributed by atoms with Crippen molar-refractivity contribution >= 4 is 5.71 Å². The van der Waals surface area contributed by atoms with Crippen molar-refractivity contribution < 1.29 is 9.60 Å². The van der Waals surface area contributed by atoms with Crippen molar-refractivity contribution in [3.8, 4) is 6.07 Å². The highest BCUT2D eigenvalue weighted by Gasteiger charge is 2.25. The highest BCUT2D eigenvalue weighted by atomic mass is 19.1. The molecular weight excluding hydrogens is 147 g/mol. The van der Waals surface area contributed by atoms with E-state index < -0.39 is 12.1 Å². The Labute approximate surface area is 65.1 Å². The van der Waals surface area contributed by atoms with Gasteiger partial charge >= 0.3 is 0 Å². The number of oxime groups is 1. The monoisotopic (exact) mass is 158 g/mol. The third-order valence-corrected chi connectivity index (χ3v) is 1.55. The Morgan fingerprint density at radius 1 is 1.73 bits per heavy atom. The first-order valence-corrected chi connectivity index (χ1v) is 3.23. The van der Waals surface area contributed by atoms with Crippen LogP contribution in [0.15, 0.2) is 5.16 Å². The van der Waals surface area contributed by atoms with Gasteiger partial charge in [0.15, 0.2) is 0 Å². The van der Waals surface area contributed by atoms with Gasteiger partial charge in [0.25, 0.3) is 0 Å². The van der Waals surface area contributed by atoms with Gasteiger partial charge in [0.2, 0.25) is 0 Å². The molecule has 1 N–H and O–H groups in total. The summed E-state index contributed by atoms with van der Waals surface area (Å²) in [5.41, 5.74) is -0.655. The predicted molar refractivity (Wildman–Crippen MR) is 39.2 cm³/mol. The highest BCUT2D eigenvalue weighted by Crippen LogP contribution is 2.21. The Hall–Kier alpha value is -1.11. The van der Waals surface area contributed by atoms with E-state index in [0.29, 0.717) is 0 Å². The van der Waals surface area contributed by atoms with Crippen molar-refractivity contribution in [3.05, 3.63) is 0 Å². The van der Waals surface area contributed by atoms with E-state index in [0.717, 1.165) is 0 Å². The first-order valence-electron chi connectivity index (χ1n) is 3.23. The second kappa shape index (κ2) is 3.91. The normalized spacial score (nSPS) is 12.7. The molecule has 0 amide bonds. The maximum Gasteiger partial charge on any atom is 0.131 e. The highest BCUT2D eigenvalue weighted by molar-refractivity contribution is 5.90. The number of halogens is 1. The fourth-order valence-corrected chi connectivity index (χ4v) is 0.643. The Bertz CT molecular complexity index is 193. The molecule has 0 radical (unpaired) electrons. The molecule has 0 aliphatic rings. The number of rotatable bonds is 3. The number of nitriles is 1. The zero-order valence-corrected chi connectivity index (χ0v) is 6.63. The van der Waals surface area contributed by atoms with Gasteiger partial charge in [-0.1, -0.05) is 19.0 Å². The van der Waals surface area contributed by atoms with Gasteiger partial charge < -0.3 is 5.21 Å². The molecule has 0 rings (SSSR count). The van der Waals surface area contributed by atoms with Crippen LogP contribution in [0.2, 0.25) is 0 Å². The summed E-state index contributed by atoms with van der Waals surface area (Å²) in [6.45, 7) is 2.50. The lowest BCUT2D eigenvalue weighted by molar-refractivity contribution is 0.303. The van der Waals surface area contributed by atoms with Crippen LogP contribution in [0.4, 0.5) is 4.39 Å². The van der Waals surface area contributed by atoms with Crippen LogP contribution in [-0.4, -0.2) is 17.6 Å². The van der Waals surface area contributed by atoms with E-state index >= 15 is 0 Å².